The van der Waals surface area contributed by atoms with Gasteiger partial charge in [0.1, 0.15) is 5.82 Å². The topological polar surface area (TPSA) is 29.9 Å². The van der Waals surface area contributed by atoms with Crippen molar-refractivity contribution in [3.05, 3.63) is 12.3 Å². The second-order valence-electron chi connectivity index (χ2n) is 5.48. The molecule has 3 nitrogen and oxygen atoms in total. The summed E-state index contributed by atoms with van der Waals surface area (Å²) in [5, 5.41) is 7.66. The van der Waals surface area contributed by atoms with Crippen molar-refractivity contribution in [3.63, 3.8) is 0 Å². The zero-order valence-corrected chi connectivity index (χ0v) is 12.8. The number of hydrogen-bond acceptors (Lipinski definition) is 2. The Morgan fingerprint density at radius 3 is 2.05 bits per heavy atom. The number of unbranched alkanes of at least 4 members (excludes halogenated alkanes) is 9. The van der Waals surface area contributed by atoms with Crippen LogP contribution < -0.4 is 5.32 Å². The van der Waals surface area contributed by atoms with Crippen LogP contribution in [0.5, 0.6) is 0 Å². The van der Waals surface area contributed by atoms with E-state index in [-0.39, 0.29) is 0 Å². The summed E-state index contributed by atoms with van der Waals surface area (Å²) in [6, 6.07) is 2.02. The third kappa shape index (κ3) is 8.68. The molecule has 0 bridgehead atoms. The minimum Gasteiger partial charge on any atom is -0.369 e. The van der Waals surface area contributed by atoms with Crippen molar-refractivity contribution in [1.82, 2.24) is 9.78 Å². The van der Waals surface area contributed by atoms with Crippen LogP contribution in [-0.2, 0) is 7.05 Å². The van der Waals surface area contributed by atoms with Gasteiger partial charge in [-0.05, 0) is 6.42 Å². The highest BCUT2D eigenvalue weighted by Gasteiger charge is 1.95. The number of anilines is 1. The molecule has 1 N–H and O–H groups in total. The first kappa shape index (κ1) is 16.1. The first-order valence-electron chi connectivity index (χ1n) is 8.06. The Bertz CT molecular complexity index is 307. The molecule has 3 heteroatoms. The summed E-state index contributed by atoms with van der Waals surface area (Å²) in [6.45, 7) is 3.33. The van der Waals surface area contributed by atoms with Crippen LogP contribution in [0.2, 0.25) is 0 Å². The molecule has 19 heavy (non-hydrogen) atoms. The van der Waals surface area contributed by atoms with E-state index in [1.807, 2.05) is 24.0 Å². The predicted octanol–water partition coefficient (Wildman–Crippen LogP) is 4.75. The van der Waals surface area contributed by atoms with Crippen molar-refractivity contribution in [3.8, 4) is 0 Å². The smallest absolute Gasteiger partial charge is 0.147 e. The van der Waals surface area contributed by atoms with Crippen molar-refractivity contribution in [2.24, 2.45) is 7.05 Å². The highest BCUT2D eigenvalue weighted by molar-refractivity contribution is 5.31. The van der Waals surface area contributed by atoms with Gasteiger partial charge in [0.15, 0.2) is 0 Å². The Hall–Kier alpha value is -0.990. The van der Waals surface area contributed by atoms with E-state index in [1.165, 1.54) is 64.2 Å². The second kappa shape index (κ2) is 10.9. The summed E-state index contributed by atoms with van der Waals surface area (Å²) in [5.74, 6) is 0.999. The quantitative estimate of drug-likeness (QED) is 0.553. The molecule has 0 amide bonds. The first-order valence-corrected chi connectivity index (χ1v) is 8.06. The van der Waals surface area contributed by atoms with Gasteiger partial charge in [-0.3, -0.25) is 4.68 Å². The zero-order chi connectivity index (χ0) is 13.8. The molecule has 0 aromatic carbocycles. The van der Waals surface area contributed by atoms with E-state index >= 15 is 0 Å². The third-order valence-electron chi connectivity index (χ3n) is 3.55. The van der Waals surface area contributed by atoms with Gasteiger partial charge in [0.25, 0.3) is 0 Å². The molecule has 1 heterocycles. The van der Waals surface area contributed by atoms with Gasteiger partial charge in [0.2, 0.25) is 0 Å². The largest absolute Gasteiger partial charge is 0.369 e. The van der Waals surface area contributed by atoms with Crippen LogP contribution in [0.1, 0.15) is 71.1 Å². The van der Waals surface area contributed by atoms with Crippen molar-refractivity contribution in [2.75, 3.05) is 11.9 Å². The lowest BCUT2D eigenvalue weighted by Gasteiger charge is -2.03. The van der Waals surface area contributed by atoms with Gasteiger partial charge >= 0.3 is 0 Å². The van der Waals surface area contributed by atoms with Gasteiger partial charge in [-0.25, -0.2) is 0 Å². The number of aryl methyl sites for hydroxylation is 1. The standard InChI is InChI=1S/C16H31N3/c1-3-4-5-6-7-8-9-10-11-12-14-17-16-13-15-19(2)18-16/h13,15H,3-12,14H2,1-2H3,(H,17,18). The van der Waals surface area contributed by atoms with Crippen LogP contribution in [0.25, 0.3) is 0 Å². The maximum absolute atomic E-state index is 4.30. The molecule has 0 aliphatic heterocycles. The van der Waals surface area contributed by atoms with Gasteiger partial charge in [0, 0.05) is 25.9 Å². The van der Waals surface area contributed by atoms with E-state index in [0.29, 0.717) is 0 Å². The molecule has 0 aliphatic carbocycles. The van der Waals surface area contributed by atoms with Crippen LogP contribution in [0.3, 0.4) is 0 Å². The third-order valence-corrected chi connectivity index (χ3v) is 3.55. The van der Waals surface area contributed by atoms with E-state index in [1.54, 1.807) is 0 Å². The van der Waals surface area contributed by atoms with E-state index in [9.17, 15) is 0 Å². The molecule has 0 saturated heterocycles. The number of hydrogen-bond donors (Lipinski definition) is 1. The van der Waals surface area contributed by atoms with Crippen LogP contribution in [0, 0.1) is 0 Å². The maximum Gasteiger partial charge on any atom is 0.147 e. The highest BCUT2D eigenvalue weighted by Crippen LogP contribution is 2.10. The van der Waals surface area contributed by atoms with Crippen LogP contribution in [0.15, 0.2) is 12.3 Å². The lowest BCUT2D eigenvalue weighted by Crippen LogP contribution is -2.02. The number of rotatable bonds is 12. The molecule has 1 rings (SSSR count). The molecule has 0 radical (unpaired) electrons. The number of nitrogens with zero attached hydrogens (tertiary/aromatic N) is 2. The molecular formula is C16H31N3. The Morgan fingerprint density at radius 2 is 1.53 bits per heavy atom. The first-order chi connectivity index (χ1) is 9.33. The summed E-state index contributed by atoms with van der Waals surface area (Å²) in [6.07, 6.45) is 15.9. The molecule has 0 saturated carbocycles. The van der Waals surface area contributed by atoms with E-state index in [2.05, 4.69) is 17.3 Å². The Balaban J connectivity index is 1.79. The van der Waals surface area contributed by atoms with Crippen LogP contribution >= 0.6 is 0 Å². The SMILES string of the molecule is CCCCCCCCCCCCNc1ccn(C)n1. The molecular weight excluding hydrogens is 234 g/mol. The Labute approximate surface area is 118 Å². The van der Waals surface area contributed by atoms with Gasteiger partial charge in [-0.2, -0.15) is 5.10 Å². The van der Waals surface area contributed by atoms with Crippen molar-refractivity contribution >= 4 is 5.82 Å². The normalized spacial score (nSPS) is 10.8. The summed E-state index contributed by atoms with van der Waals surface area (Å²) in [4.78, 5) is 0. The maximum atomic E-state index is 4.30. The summed E-state index contributed by atoms with van der Waals surface area (Å²) >= 11 is 0. The average Bonchev–Trinajstić information content (AvgIpc) is 2.82. The second-order valence-corrected chi connectivity index (χ2v) is 5.48. The van der Waals surface area contributed by atoms with E-state index in [4.69, 9.17) is 0 Å². The molecule has 110 valence electrons. The van der Waals surface area contributed by atoms with Gasteiger partial charge in [0.05, 0.1) is 0 Å². The van der Waals surface area contributed by atoms with E-state index < -0.39 is 0 Å². The van der Waals surface area contributed by atoms with E-state index in [0.717, 1.165) is 12.4 Å². The number of nitrogens with one attached hydrogen (secondary N) is 1. The van der Waals surface area contributed by atoms with Gasteiger partial charge in [-0.15, -0.1) is 0 Å². The molecule has 0 fully saturated rings. The summed E-state index contributed by atoms with van der Waals surface area (Å²) < 4.78 is 1.83. The Kier molecular flexibility index (Phi) is 9.21. The fraction of sp³-hybridized carbons (Fsp3) is 0.812. The zero-order valence-electron chi connectivity index (χ0n) is 12.8. The fourth-order valence-corrected chi connectivity index (χ4v) is 2.34. The van der Waals surface area contributed by atoms with Gasteiger partial charge < -0.3 is 5.32 Å². The van der Waals surface area contributed by atoms with Gasteiger partial charge in [-0.1, -0.05) is 64.7 Å². The van der Waals surface area contributed by atoms with Crippen molar-refractivity contribution in [1.29, 1.82) is 0 Å². The number of aromatic nitrogens is 2. The summed E-state index contributed by atoms with van der Waals surface area (Å²) in [5.41, 5.74) is 0. The molecule has 0 spiro atoms. The molecule has 1 aromatic rings. The minimum absolute atomic E-state index is 0.999. The average molecular weight is 265 g/mol. The fourth-order valence-electron chi connectivity index (χ4n) is 2.34. The van der Waals surface area contributed by atoms with Crippen LogP contribution in [-0.4, -0.2) is 16.3 Å². The predicted molar refractivity (Wildman–Crippen MR) is 83.5 cm³/mol. The monoisotopic (exact) mass is 265 g/mol. The lowest BCUT2D eigenvalue weighted by atomic mass is 10.1. The lowest BCUT2D eigenvalue weighted by molar-refractivity contribution is 0.559. The molecule has 1 aromatic heterocycles. The molecule has 0 aliphatic rings. The minimum atomic E-state index is 0.999. The highest BCUT2D eigenvalue weighted by atomic mass is 15.3. The molecule has 0 unspecified atom stereocenters. The van der Waals surface area contributed by atoms with Crippen LogP contribution in [0.4, 0.5) is 5.82 Å². The van der Waals surface area contributed by atoms with Crippen molar-refractivity contribution < 1.29 is 0 Å². The Morgan fingerprint density at radius 1 is 0.947 bits per heavy atom. The van der Waals surface area contributed by atoms with Crippen molar-refractivity contribution in [2.45, 2.75) is 71.1 Å². The summed E-state index contributed by atoms with van der Waals surface area (Å²) in [7, 11) is 1.95. The molecule has 0 atom stereocenters.